The molecule has 1 aromatic carbocycles. The van der Waals surface area contributed by atoms with Gasteiger partial charge in [0, 0.05) is 10.6 Å². The second-order valence-corrected chi connectivity index (χ2v) is 4.11. The molecule has 1 unspecified atom stereocenters. The van der Waals surface area contributed by atoms with E-state index in [0.29, 0.717) is 0 Å². The highest BCUT2D eigenvalue weighted by atomic mass is 32.2. The SMILES string of the molecule is C#CC(CSc1cccc(C)c1)NN. The van der Waals surface area contributed by atoms with E-state index in [0.717, 1.165) is 5.75 Å². The molecule has 1 atom stereocenters. The molecule has 0 aliphatic heterocycles. The first-order chi connectivity index (χ1) is 6.76. The van der Waals surface area contributed by atoms with Crippen molar-refractivity contribution in [3.8, 4) is 12.3 Å². The summed E-state index contributed by atoms with van der Waals surface area (Å²) in [5, 5.41) is 0. The van der Waals surface area contributed by atoms with Gasteiger partial charge in [0.05, 0.1) is 6.04 Å². The van der Waals surface area contributed by atoms with Gasteiger partial charge in [-0.3, -0.25) is 5.84 Å². The fourth-order valence-corrected chi connectivity index (χ4v) is 2.02. The van der Waals surface area contributed by atoms with Gasteiger partial charge in [-0.1, -0.05) is 23.6 Å². The van der Waals surface area contributed by atoms with Crippen LogP contribution in [0.4, 0.5) is 0 Å². The summed E-state index contributed by atoms with van der Waals surface area (Å²) < 4.78 is 0. The quantitative estimate of drug-likeness (QED) is 0.340. The van der Waals surface area contributed by atoms with Crippen LogP contribution in [0.1, 0.15) is 5.56 Å². The maximum atomic E-state index is 5.27. The van der Waals surface area contributed by atoms with Gasteiger partial charge >= 0.3 is 0 Å². The van der Waals surface area contributed by atoms with Crippen LogP contribution in [0.3, 0.4) is 0 Å². The Kier molecular flexibility index (Phi) is 4.54. The van der Waals surface area contributed by atoms with E-state index in [4.69, 9.17) is 12.3 Å². The zero-order chi connectivity index (χ0) is 10.4. The first-order valence-electron chi connectivity index (χ1n) is 4.38. The second-order valence-electron chi connectivity index (χ2n) is 3.01. The van der Waals surface area contributed by atoms with Crippen molar-refractivity contribution in [2.24, 2.45) is 5.84 Å². The van der Waals surface area contributed by atoms with E-state index in [2.05, 4.69) is 36.5 Å². The molecular weight excluding hydrogens is 192 g/mol. The summed E-state index contributed by atoms with van der Waals surface area (Å²) in [4.78, 5) is 1.22. The number of hydrogen-bond donors (Lipinski definition) is 2. The first kappa shape index (κ1) is 11.1. The molecule has 0 saturated heterocycles. The van der Waals surface area contributed by atoms with Gasteiger partial charge in [0.2, 0.25) is 0 Å². The minimum absolute atomic E-state index is 0.0690. The van der Waals surface area contributed by atoms with Gasteiger partial charge in [-0.05, 0) is 19.1 Å². The first-order valence-corrected chi connectivity index (χ1v) is 5.36. The van der Waals surface area contributed by atoms with Crippen LogP contribution >= 0.6 is 11.8 Å². The lowest BCUT2D eigenvalue weighted by atomic mass is 10.2. The molecule has 0 saturated carbocycles. The summed E-state index contributed by atoms with van der Waals surface area (Å²) in [6.07, 6.45) is 5.27. The summed E-state index contributed by atoms with van der Waals surface area (Å²) in [6, 6.07) is 8.25. The Hall–Kier alpha value is -0.950. The number of hydrazine groups is 1. The smallest absolute Gasteiger partial charge is 0.0908 e. The van der Waals surface area contributed by atoms with Crippen molar-refractivity contribution in [3.05, 3.63) is 29.8 Å². The van der Waals surface area contributed by atoms with Crippen molar-refractivity contribution in [2.45, 2.75) is 17.9 Å². The number of benzene rings is 1. The standard InChI is InChI=1S/C11H14N2S/c1-3-10(13-12)8-14-11-6-4-5-9(2)7-11/h1,4-7,10,13H,8,12H2,2H3. The lowest BCUT2D eigenvalue weighted by molar-refractivity contribution is 0.694. The Morgan fingerprint density at radius 2 is 2.43 bits per heavy atom. The van der Waals surface area contributed by atoms with Gasteiger partial charge in [-0.15, -0.1) is 18.2 Å². The van der Waals surface area contributed by atoms with E-state index >= 15 is 0 Å². The van der Waals surface area contributed by atoms with E-state index in [1.807, 2.05) is 6.07 Å². The van der Waals surface area contributed by atoms with Gasteiger partial charge < -0.3 is 0 Å². The van der Waals surface area contributed by atoms with Crippen LogP contribution in [-0.2, 0) is 0 Å². The second kappa shape index (κ2) is 5.71. The van der Waals surface area contributed by atoms with Gasteiger partial charge in [0.15, 0.2) is 0 Å². The monoisotopic (exact) mass is 206 g/mol. The van der Waals surface area contributed by atoms with E-state index in [1.165, 1.54) is 10.5 Å². The third-order valence-electron chi connectivity index (χ3n) is 1.81. The Bertz CT molecular complexity index is 330. The highest BCUT2D eigenvalue weighted by molar-refractivity contribution is 7.99. The van der Waals surface area contributed by atoms with Crippen molar-refractivity contribution in [1.29, 1.82) is 0 Å². The lowest BCUT2D eigenvalue weighted by Crippen LogP contribution is -2.35. The molecule has 1 aromatic rings. The summed E-state index contributed by atoms with van der Waals surface area (Å²) in [5.74, 6) is 8.64. The molecule has 0 amide bonds. The van der Waals surface area contributed by atoms with Gasteiger partial charge in [-0.25, -0.2) is 5.43 Å². The van der Waals surface area contributed by atoms with Crippen LogP contribution in [0.15, 0.2) is 29.2 Å². The molecule has 0 aliphatic carbocycles. The highest BCUT2D eigenvalue weighted by Gasteiger charge is 2.02. The van der Waals surface area contributed by atoms with Crippen molar-refractivity contribution in [3.63, 3.8) is 0 Å². The number of terminal acetylenes is 1. The average Bonchev–Trinajstić information content (AvgIpc) is 2.19. The molecule has 2 nitrogen and oxygen atoms in total. The minimum atomic E-state index is -0.0690. The van der Waals surface area contributed by atoms with E-state index in [9.17, 15) is 0 Å². The fraction of sp³-hybridized carbons (Fsp3) is 0.273. The molecule has 1 rings (SSSR count). The Morgan fingerprint density at radius 3 is 3.00 bits per heavy atom. The summed E-state index contributed by atoms with van der Waals surface area (Å²) in [6.45, 7) is 2.07. The third-order valence-corrected chi connectivity index (χ3v) is 2.90. The van der Waals surface area contributed by atoms with Gasteiger partial charge in [0.25, 0.3) is 0 Å². The number of rotatable bonds is 4. The largest absolute Gasteiger partial charge is 0.270 e. The molecular formula is C11H14N2S. The van der Waals surface area contributed by atoms with E-state index in [1.54, 1.807) is 11.8 Å². The zero-order valence-electron chi connectivity index (χ0n) is 8.16. The van der Waals surface area contributed by atoms with E-state index in [-0.39, 0.29) is 6.04 Å². The number of hydrogen-bond acceptors (Lipinski definition) is 3. The van der Waals surface area contributed by atoms with Crippen molar-refractivity contribution >= 4 is 11.8 Å². The number of aryl methyl sites for hydroxylation is 1. The summed E-state index contributed by atoms with van der Waals surface area (Å²) in [5.41, 5.74) is 3.84. The van der Waals surface area contributed by atoms with E-state index < -0.39 is 0 Å². The third kappa shape index (κ3) is 3.43. The highest BCUT2D eigenvalue weighted by Crippen LogP contribution is 2.19. The maximum absolute atomic E-state index is 5.27. The van der Waals surface area contributed by atoms with Crippen LogP contribution in [0, 0.1) is 19.3 Å². The molecule has 0 fully saturated rings. The maximum Gasteiger partial charge on any atom is 0.0908 e. The van der Waals surface area contributed by atoms with Crippen LogP contribution in [0.25, 0.3) is 0 Å². The van der Waals surface area contributed by atoms with Gasteiger partial charge in [0.1, 0.15) is 0 Å². The van der Waals surface area contributed by atoms with Crippen molar-refractivity contribution in [1.82, 2.24) is 5.43 Å². The molecule has 74 valence electrons. The normalized spacial score (nSPS) is 12.1. The molecule has 3 heteroatoms. The lowest BCUT2D eigenvalue weighted by Gasteiger charge is -2.08. The predicted octanol–water partition coefficient (Wildman–Crippen LogP) is 1.55. The molecule has 14 heavy (non-hydrogen) atoms. The number of thioether (sulfide) groups is 1. The Balaban J connectivity index is 2.50. The summed E-state index contributed by atoms with van der Waals surface area (Å²) >= 11 is 1.71. The molecule has 0 aliphatic rings. The van der Waals surface area contributed by atoms with Crippen molar-refractivity contribution < 1.29 is 0 Å². The molecule has 0 radical (unpaired) electrons. The van der Waals surface area contributed by atoms with Gasteiger partial charge in [-0.2, -0.15) is 0 Å². The zero-order valence-corrected chi connectivity index (χ0v) is 8.97. The van der Waals surface area contributed by atoms with Crippen LogP contribution in [-0.4, -0.2) is 11.8 Å². The van der Waals surface area contributed by atoms with Crippen LogP contribution in [0.5, 0.6) is 0 Å². The Labute approximate surface area is 89.2 Å². The average molecular weight is 206 g/mol. The Morgan fingerprint density at radius 1 is 1.64 bits per heavy atom. The summed E-state index contributed by atoms with van der Waals surface area (Å²) in [7, 11) is 0. The fourth-order valence-electron chi connectivity index (χ4n) is 1.03. The minimum Gasteiger partial charge on any atom is -0.270 e. The molecule has 0 spiro atoms. The number of nitrogens with one attached hydrogen (secondary N) is 1. The number of nitrogens with two attached hydrogens (primary N) is 1. The molecule has 3 N–H and O–H groups in total. The topological polar surface area (TPSA) is 38.0 Å². The van der Waals surface area contributed by atoms with Crippen LogP contribution < -0.4 is 11.3 Å². The molecule has 0 heterocycles. The van der Waals surface area contributed by atoms with Crippen LogP contribution in [0.2, 0.25) is 0 Å². The molecule has 0 bridgehead atoms. The van der Waals surface area contributed by atoms with Crippen molar-refractivity contribution in [2.75, 3.05) is 5.75 Å². The predicted molar refractivity (Wildman–Crippen MR) is 61.8 cm³/mol. The molecule has 0 aromatic heterocycles.